The van der Waals surface area contributed by atoms with Gasteiger partial charge in [0.2, 0.25) is 5.82 Å². The molecule has 0 unspecified atom stereocenters. The van der Waals surface area contributed by atoms with Crippen LogP contribution in [0.2, 0.25) is 0 Å². The van der Waals surface area contributed by atoms with Gasteiger partial charge in [-0.1, -0.05) is 0 Å². The highest BCUT2D eigenvalue weighted by molar-refractivity contribution is 7.17. The maximum atomic E-state index is 13.4. The van der Waals surface area contributed by atoms with Gasteiger partial charge in [0.15, 0.2) is 0 Å². The van der Waals surface area contributed by atoms with E-state index in [4.69, 9.17) is 0 Å². The lowest BCUT2D eigenvalue weighted by Crippen LogP contribution is -1.91. The Labute approximate surface area is 81.4 Å². The van der Waals surface area contributed by atoms with Crippen molar-refractivity contribution in [3.8, 4) is 5.75 Å². The van der Waals surface area contributed by atoms with E-state index < -0.39 is 16.4 Å². The molecule has 0 aliphatic heterocycles. The summed E-state index contributed by atoms with van der Waals surface area (Å²) < 4.78 is 13.9. The van der Waals surface area contributed by atoms with E-state index in [1.165, 1.54) is 11.4 Å². The summed E-state index contributed by atoms with van der Waals surface area (Å²) in [4.78, 5) is 9.57. The first-order valence-corrected chi connectivity index (χ1v) is 4.52. The van der Waals surface area contributed by atoms with E-state index in [0.29, 0.717) is 4.70 Å². The summed E-state index contributed by atoms with van der Waals surface area (Å²) in [6, 6.07) is 2.51. The lowest BCUT2D eigenvalue weighted by molar-refractivity contribution is -0.387. The first-order chi connectivity index (χ1) is 6.61. The van der Waals surface area contributed by atoms with Crippen LogP contribution in [0.4, 0.5) is 10.1 Å². The SMILES string of the molecule is O=[N+]([O-])c1ccc2scc(O)c2c1F. The number of fused-ring (bicyclic) bond motifs is 1. The predicted octanol–water partition coefficient (Wildman–Crippen LogP) is 2.65. The number of hydrogen-bond acceptors (Lipinski definition) is 4. The molecule has 0 fully saturated rings. The molecular weight excluding hydrogens is 209 g/mol. The van der Waals surface area contributed by atoms with Gasteiger partial charge in [-0.05, 0) is 6.07 Å². The van der Waals surface area contributed by atoms with Gasteiger partial charge in [-0.3, -0.25) is 10.1 Å². The standard InChI is InChI=1S/C8H4FNO3S/c9-8-4(10(12)13)1-2-6-7(8)5(11)3-14-6/h1-3,11H. The second kappa shape index (κ2) is 2.91. The van der Waals surface area contributed by atoms with Gasteiger partial charge >= 0.3 is 5.69 Å². The van der Waals surface area contributed by atoms with Crippen molar-refractivity contribution in [2.24, 2.45) is 0 Å². The number of aromatic hydroxyl groups is 1. The van der Waals surface area contributed by atoms with Crippen molar-refractivity contribution < 1.29 is 14.4 Å². The highest BCUT2D eigenvalue weighted by Crippen LogP contribution is 2.36. The number of nitro benzene ring substituents is 1. The van der Waals surface area contributed by atoms with Crippen LogP contribution in [0.15, 0.2) is 17.5 Å². The number of halogens is 1. The number of benzene rings is 1. The second-order valence-electron chi connectivity index (χ2n) is 2.65. The van der Waals surface area contributed by atoms with Crippen LogP contribution in [0, 0.1) is 15.9 Å². The molecule has 0 saturated carbocycles. The van der Waals surface area contributed by atoms with Gasteiger partial charge in [0, 0.05) is 16.1 Å². The Morgan fingerprint density at radius 3 is 2.86 bits per heavy atom. The number of nitro groups is 1. The Balaban J connectivity index is 2.86. The molecular formula is C8H4FNO3S. The molecule has 14 heavy (non-hydrogen) atoms. The van der Waals surface area contributed by atoms with Crippen LogP contribution < -0.4 is 0 Å². The van der Waals surface area contributed by atoms with E-state index in [0.717, 1.165) is 17.4 Å². The molecule has 0 aliphatic rings. The Bertz CT molecular complexity index is 523. The molecule has 0 saturated heterocycles. The van der Waals surface area contributed by atoms with Gasteiger partial charge in [-0.25, -0.2) is 0 Å². The van der Waals surface area contributed by atoms with Crippen molar-refractivity contribution in [1.82, 2.24) is 0 Å². The molecule has 0 amide bonds. The highest BCUT2D eigenvalue weighted by atomic mass is 32.1. The van der Waals surface area contributed by atoms with Crippen LogP contribution in [-0.2, 0) is 0 Å². The fourth-order valence-corrected chi connectivity index (χ4v) is 2.02. The maximum Gasteiger partial charge on any atom is 0.305 e. The predicted molar refractivity (Wildman–Crippen MR) is 50.1 cm³/mol. The zero-order valence-electron chi connectivity index (χ0n) is 6.73. The quantitative estimate of drug-likeness (QED) is 0.585. The molecule has 1 aromatic heterocycles. The van der Waals surface area contributed by atoms with Crippen LogP contribution in [0.25, 0.3) is 10.1 Å². The summed E-state index contributed by atoms with van der Waals surface area (Å²) >= 11 is 1.14. The Hall–Kier alpha value is -1.69. The van der Waals surface area contributed by atoms with E-state index in [-0.39, 0.29) is 11.1 Å². The summed E-state index contributed by atoms with van der Waals surface area (Å²) in [6.07, 6.45) is 0. The minimum absolute atomic E-state index is 0.0794. The van der Waals surface area contributed by atoms with Gasteiger partial charge in [0.05, 0.1) is 10.3 Å². The molecule has 6 heteroatoms. The average molecular weight is 213 g/mol. The normalized spacial score (nSPS) is 10.6. The molecule has 0 aliphatic carbocycles. The monoisotopic (exact) mass is 213 g/mol. The summed E-state index contributed by atoms with van der Waals surface area (Å²) in [6.45, 7) is 0. The van der Waals surface area contributed by atoms with Crippen molar-refractivity contribution >= 4 is 27.1 Å². The molecule has 2 aromatic rings. The fraction of sp³-hybridized carbons (Fsp3) is 0. The summed E-state index contributed by atoms with van der Waals surface area (Å²) in [7, 11) is 0. The van der Waals surface area contributed by atoms with E-state index in [1.807, 2.05) is 0 Å². The smallest absolute Gasteiger partial charge is 0.305 e. The third kappa shape index (κ3) is 1.12. The van der Waals surface area contributed by atoms with Gasteiger partial charge in [-0.15, -0.1) is 11.3 Å². The largest absolute Gasteiger partial charge is 0.506 e. The minimum Gasteiger partial charge on any atom is -0.506 e. The average Bonchev–Trinajstić information content (AvgIpc) is 2.48. The Morgan fingerprint density at radius 1 is 1.50 bits per heavy atom. The first kappa shape index (κ1) is 8.89. The lowest BCUT2D eigenvalue weighted by Gasteiger charge is -1.95. The van der Waals surface area contributed by atoms with Crippen LogP contribution in [-0.4, -0.2) is 10.0 Å². The molecule has 0 radical (unpaired) electrons. The lowest BCUT2D eigenvalue weighted by atomic mass is 10.2. The topological polar surface area (TPSA) is 63.4 Å². The first-order valence-electron chi connectivity index (χ1n) is 3.64. The van der Waals surface area contributed by atoms with Crippen molar-refractivity contribution in [2.45, 2.75) is 0 Å². The van der Waals surface area contributed by atoms with Crippen molar-refractivity contribution in [1.29, 1.82) is 0 Å². The van der Waals surface area contributed by atoms with Crippen LogP contribution in [0.5, 0.6) is 5.75 Å². The molecule has 0 atom stereocenters. The fourth-order valence-electron chi connectivity index (χ4n) is 1.20. The highest BCUT2D eigenvalue weighted by Gasteiger charge is 2.19. The molecule has 0 spiro atoms. The molecule has 0 bridgehead atoms. The summed E-state index contributed by atoms with van der Waals surface area (Å²) in [5.74, 6) is -1.24. The van der Waals surface area contributed by atoms with Gasteiger partial charge in [0.1, 0.15) is 5.75 Å². The van der Waals surface area contributed by atoms with E-state index >= 15 is 0 Å². The summed E-state index contributed by atoms with van der Waals surface area (Å²) in [5, 5.41) is 20.9. The van der Waals surface area contributed by atoms with E-state index in [9.17, 15) is 19.6 Å². The molecule has 72 valence electrons. The maximum absolute atomic E-state index is 13.4. The third-order valence-electron chi connectivity index (χ3n) is 1.83. The molecule has 1 aromatic carbocycles. The Kier molecular flexibility index (Phi) is 1.85. The molecule has 1 heterocycles. The molecule has 2 rings (SSSR count). The molecule has 1 N–H and O–H groups in total. The van der Waals surface area contributed by atoms with Crippen LogP contribution in [0.3, 0.4) is 0 Å². The van der Waals surface area contributed by atoms with Crippen molar-refractivity contribution in [3.05, 3.63) is 33.4 Å². The van der Waals surface area contributed by atoms with Gasteiger partial charge < -0.3 is 5.11 Å². The zero-order valence-corrected chi connectivity index (χ0v) is 7.55. The third-order valence-corrected chi connectivity index (χ3v) is 2.77. The van der Waals surface area contributed by atoms with Crippen molar-refractivity contribution in [2.75, 3.05) is 0 Å². The number of thiophene rings is 1. The minimum atomic E-state index is -0.980. The Morgan fingerprint density at radius 2 is 2.21 bits per heavy atom. The number of hydrogen-bond donors (Lipinski definition) is 1. The van der Waals surface area contributed by atoms with Crippen LogP contribution in [0.1, 0.15) is 0 Å². The van der Waals surface area contributed by atoms with Gasteiger partial charge in [0.25, 0.3) is 0 Å². The van der Waals surface area contributed by atoms with Gasteiger partial charge in [-0.2, -0.15) is 4.39 Å². The van der Waals surface area contributed by atoms with E-state index in [2.05, 4.69) is 0 Å². The molecule has 4 nitrogen and oxygen atoms in total. The summed E-state index contributed by atoms with van der Waals surface area (Å²) in [5.41, 5.74) is -0.619. The number of rotatable bonds is 1. The van der Waals surface area contributed by atoms with E-state index in [1.54, 1.807) is 0 Å². The second-order valence-corrected chi connectivity index (χ2v) is 3.56. The van der Waals surface area contributed by atoms with Crippen LogP contribution >= 0.6 is 11.3 Å². The zero-order chi connectivity index (χ0) is 10.3. The number of nitrogens with zero attached hydrogens (tertiary/aromatic N) is 1. The van der Waals surface area contributed by atoms with Crippen molar-refractivity contribution in [3.63, 3.8) is 0 Å².